The third-order valence-electron chi connectivity index (χ3n) is 1.68. The Hall–Kier alpha value is -1.30. The Morgan fingerprint density at radius 3 is 2.47 bits per heavy atom. The lowest BCUT2D eigenvalue weighted by atomic mass is 10.3. The van der Waals surface area contributed by atoms with E-state index in [1.165, 1.54) is 12.2 Å². The number of hydrogen-bond acceptors (Lipinski definition) is 3. The third-order valence-corrected chi connectivity index (χ3v) is 1.68. The predicted octanol–water partition coefficient (Wildman–Crippen LogP) is 2.63. The molecule has 0 aromatic carbocycles. The van der Waals surface area contributed by atoms with E-state index in [2.05, 4.69) is 11.3 Å². The molecule has 0 saturated heterocycles. The summed E-state index contributed by atoms with van der Waals surface area (Å²) in [4.78, 5) is 11.2. The molecular weight excluding hydrogens is 237 g/mol. The minimum atomic E-state index is -4.22. The molecule has 0 aromatic rings. The van der Waals surface area contributed by atoms with Crippen LogP contribution in [-0.4, -0.2) is 32.0 Å². The molecule has 0 rings (SSSR count). The highest BCUT2D eigenvalue weighted by atomic mass is 19.4. The summed E-state index contributed by atoms with van der Waals surface area (Å²) in [5, 5.41) is 0. The molecule has 6 heteroatoms. The van der Waals surface area contributed by atoms with Crippen LogP contribution in [0.4, 0.5) is 13.2 Å². The zero-order valence-corrected chi connectivity index (χ0v) is 9.55. The third kappa shape index (κ3) is 9.62. The Kier molecular flexibility index (Phi) is 7.29. The maximum atomic E-state index is 11.7. The van der Waals surface area contributed by atoms with E-state index in [1.807, 2.05) is 0 Å². The van der Waals surface area contributed by atoms with Gasteiger partial charge in [-0.1, -0.05) is 18.7 Å². The van der Waals surface area contributed by atoms with Gasteiger partial charge in [0, 0.05) is 5.57 Å². The Bertz CT molecular complexity index is 282. The molecule has 0 spiro atoms. The fraction of sp³-hybridized carbons (Fsp3) is 0.545. The summed E-state index contributed by atoms with van der Waals surface area (Å²) in [7, 11) is 0. The average Bonchev–Trinajstić information content (AvgIpc) is 2.21. The Morgan fingerprint density at radius 2 is 1.94 bits per heavy atom. The largest absolute Gasteiger partial charge is 0.460 e. The number of halogens is 3. The topological polar surface area (TPSA) is 35.5 Å². The summed E-state index contributed by atoms with van der Waals surface area (Å²) in [6.07, 6.45) is -2.31. The minimum absolute atomic E-state index is 0.0524. The van der Waals surface area contributed by atoms with Gasteiger partial charge in [-0.05, 0) is 6.92 Å². The van der Waals surface area contributed by atoms with Crippen molar-refractivity contribution in [2.45, 2.75) is 19.5 Å². The number of rotatable bonds is 7. The first-order valence-corrected chi connectivity index (χ1v) is 4.98. The number of allylic oxidation sites excluding steroid dienone is 2. The molecule has 98 valence electrons. The number of hydrogen-bond donors (Lipinski definition) is 0. The van der Waals surface area contributed by atoms with Crippen LogP contribution >= 0.6 is 0 Å². The molecule has 0 N–H and O–H groups in total. The Morgan fingerprint density at radius 1 is 1.29 bits per heavy atom. The first-order valence-electron chi connectivity index (χ1n) is 4.98. The monoisotopic (exact) mass is 252 g/mol. The standard InChI is InChI=1S/C11H15F3O3/c1-3-4-9(2)10(15)17-8-7-16-6-5-11(12,13)14/h3-4H,1,5-8H2,2H3/b9-4+. The van der Waals surface area contributed by atoms with Gasteiger partial charge in [-0.15, -0.1) is 0 Å². The summed E-state index contributed by atoms with van der Waals surface area (Å²) < 4.78 is 44.5. The van der Waals surface area contributed by atoms with E-state index in [9.17, 15) is 18.0 Å². The quantitative estimate of drug-likeness (QED) is 0.302. The molecule has 0 atom stereocenters. The first kappa shape index (κ1) is 15.7. The van der Waals surface area contributed by atoms with Crippen molar-refractivity contribution in [3.8, 4) is 0 Å². The average molecular weight is 252 g/mol. The van der Waals surface area contributed by atoms with Crippen LogP contribution < -0.4 is 0 Å². The number of ether oxygens (including phenoxy) is 2. The van der Waals surface area contributed by atoms with Gasteiger partial charge in [0.15, 0.2) is 0 Å². The molecule has 0 heterocycles. The summed E-state index contributed by atoms with van der Waals surface area (Å²) >= 11 is 0. The second kappa shape index (κ2) is 7.89. The van der Waals surface area contributed by atoms with Crippen LogP contribution in [0.25, 0.3) is 0 Å². The lowest BCUT2D eigenvalue weighted by Gasteiger charge is -2.07. The van der Waals surface area contributed by atoms with Crippen LogP contribution in [-0.2, 0) is 14.3 Å². The van der Waals surface area contributed by atoms with Gasteiger partial charge in [-0.2, -0.15) is 13.2 Å². The molecule has 3 nitrogen and oxygen atoms in total. The number of carbonyl (C=O) groups excluding carboxylic acids is 1. The van der Waals surface area contributed by atoms with Crippen LogP contribution in [0.1, 0.15) is 13.3 Å². The van der Waals surface area contributed by atoms with E-state index >= 15 is 0 Å². The Labute approximate surface area is 97.9 Å². The molecular formula is C11H15F3O3. The van der Waals surface area contributed by atoms with Crippen molar-refractivity contribution in [2.75, 3.05) is 19.8 Å². The fourth-order valence-electron chi connectivity index (χ4n) is 0.842. The maximum absolute atomic E-state index is 11.7. The molecule has 0 fully saturated rings. The van der Waals surface area contributed by atoms with Crippen molar-refractivity contribution in [3.63, 3.8) is 0 Å². The first-order chi connectivity index (χ1) is 7.87. The number of alkyl halides is 3. The van der Waals surface area contributed by atoms with E-state index in [1.54, 1.807) is 6.92 Å². The SMILES string of the molecule is C=C/C=C(\C)C(=O)OCCOCCC(F)(F)F. The van der Waals surface area contributed by atoms with Crippen molar-refractivity contribution in [3.05, 3.63) is 24.3 Å². The van der Waals surface area contributed by atoms with Crippen molar-refractivity contribution in [1.82, 2.24) is 0 Å². The van der Waals surface area contributed by atoms with Crippen LogP contribution in [0, 0.1) is 0 Å². The van der Waals surface area contributed by atoms with Gasteiger partial charge in [-0.25, -0.2) is 4.79 Å². The highest BCUT2D eigenvalue weighted by molar-refractivity contribution is 5.88. The smallest absolute Gasteiger partial charge is 0.391 e. The van der Waals surface area contributed by atoms with Gasteiger partial charge in [-0.3, -0.25) is 0 Å². The van der Waals surface area contributed by atoms with E-state index in [0.29, 0.717) is 5.57 Å². The van der Waals surface area contributed by atoms with E-state index in [4.69, 9.17) is 4.74 Å². The molecule has 0 aliphatic carbocycles. The molecule has 0 amide bonds. The molecule has 0 aliphatic heterocycles. The lowest BCUT2D eigenvalue weighted by molar-refractivity contribution is -0.150. The second-order valence-electron chi connectivity index (χ2n) is 3.20. The van der Waals surface area contributed by atoms with Gasteiger partial charge < -0.3 is 9.47 Å². The Balaban J connectivity index is 3.56. The van der Waals surface area contributed by atoms with Crippen molar-refractivity contribution < 1.29 is 27.4 Å². The summed E-state index contributed by atoms with van der Waals surface area (Å²) in [6, 6.07) is 0. The van der Waals surface area contributed by atoms with Gasteiger partial charge in [0.25, 0.3) is 0 Å². The normalized spacial score (nSPS) is 12.4. The van der Waals surface area contributed by atoms with Gasteiger partial charge in [0.05, 0.1) is 19.6 Å². The molecule has 0 bridgehead atoms. The number of carbonyl (C=O) groups is 1. The summed E-state index contributed by atoms with van der Waals surface area (Å²) in [5.74, 6) is -0.538. The van der Waals surface area contributed by atoms with E-state index in [0.717, 1.165) is 0 Å². The van der Waals surface area contributed by atoms with Crippen LogP contribution in [0.15, 0.2) is 24.3 Å². The molecule has 0 aliphatic rings. The zero-order valence-electron chi connectivity index (χ0n) is 9.55. The van der Waals surface area contributed by atoms with Gasteiger partial charge >= 0.3 is 12.1 Å². The predicted molar refractivity (Wildman–Crippen MR) is 56.4 cm³/mol. The minimum Gasteiger partial charge on any atom is -0.460 e. The zero-order chi connectivity index (χ0) is 13.3. The van der Waals surface area contributed by atoms with Gasteiger partial charge in [0.1, 0.15) is 6.61 Å². The van der Waals surface area contributed by atoms with Crippen LogP contribution in [0.2, 0.25) is 0 Å². The molecule has 0 unspecified atom stereocenters. The van der Waals surface area contributed by atoms with Crippen LogP contribution in [0.5, 0.6) is 0 Å². The summed E-state index contributed by atoms with van der Waals surface area (Å²) in [5.41, 5.74) is 0.371. The highest BCUT2D eigenvalue weighted by Gasteiger charge is 2.26. The van der Waals surface area contributed by atoms with E-state index in [-0.39, 0.29) is 13.2 Å². The van der Waals surface area contributed by atoms with Crippen molar-refractivity contribution in [2.24, 2.45) is 0 Å². The molecule has 17 heavy (non-hydrogen) atoms. The second-order valence-corrected chi connectivity index (χ2v) is 3.20. The van der Waals surface area contributed by atoms with Gasteiger partial charge in [0.2, 0.25) is 0 Å². The summed E-state index contributed by atoms with van der Waals surface area (Å²) in [6.45, 7) is 4.41. The van der Waals surface area contributed by atoms with Crippen molar-refractivity contribution in [1.29, 1.82) is 0 Å². The lowest BCUT2D eigenvalue weighted by Crippen LogP contribution is -2.15. The number of esters is 1. The fourth-order valence-corrected chi connectivity index (χ4v) is 0.842. The highest BCUT2D eigenvalue weighted by Crippen LogP contribution is 2.18. The molecule has 0 aromatic heterocycles. The molecule has 0 saturated carbocycles. The maximum Gasteiger partial charge on any atom is 0.391 e. The van der Waals surface area contributed by atoms with Crippen molar-refractivity contribution >= 4 is 5.97 Å². The molecule has 0 radical (unpaired) electrons. The van der Waals surface area contributed by atoms with E-state index < -0.39 is 25.2 Å². The van der Waals surface area contributed by atoms with Crippen LogP contribution in [0.3, 0.4) is 0 Å².